The lowest BCUT2D eigenvalue weighted by molar-refractivity contribution is 0.259. The van der Waals surface area contributed by atoms with Crippen molar-refractivity contribution in [2.75, 3.05) is 5.32 Å². The van der Waals surface area contributed by atoms with Gasteiger partial charge in [0.25, 0.3) is 0 Å². The van der Waals surface area contributed by atoms with Gasteiger partial charge in [-0.3, -0.25) is 5.32 Å². The molecule has 2 aromatic rings. The Bertz CT molecular complexity index is 489. The third-order valence-corrected chi connectivity index (χ3v) is 1.82. The second-order valence-corrected chi connectivity index (χ2v) is 2.88. The van der Waals surface area contributed by atoms with Gasteiger partial charge in [0, 0.05) is 13.2 Å². The summed E-state index contributed by atoms with van der Waals surface area (Å²) in [6, 6.07) is 1.17. The van der Waals surface area contributed by atoms with Crippen molar-refractivity contribution >= 4 is 23.0 Å². The van der Waals surface area contributed by atoms with Crippen LogP contribution in [0, 0.1) is 0 Å². The van der Waals surface area contributed by atoms with Crippen LogP contribution in [0.4, 0.5) is 10.6 Å². The van der Waals surface area contributed by atoms with Gasteiger partial charge in [-0.15, -0.1) is 0 Å². The first kappa shape index (κ1) is 8.49. The summed E-state index contributed by atoms with van der Waals surface area (Å²) in [5.41, 5.74) is 6.44. The fourth-order valence-corrected chi connectivity index (χ4v) is 1.22. The Balaban J connectivity index is 2.46. The minimum atomic E-state index is -0.644. The number of urea groups is 1. The van der Waals surface area contributed by atoms with Gasteiger partial charge in [-0.25, -0.2) is 14.8 Å². The molecule has 0 aliphatic rings. The fraction of sp³-hybridized carbons (Fsp3) is 0.125. The highest BCUT2D eigenvalue weighted by atomic mass is 16.2. The summed E-state index contributed by atoms with van der Waals surface area (Å²) in [7, 11) is 1.87. The van der Waals surface area contributed by atoms with Gasteiger partial charge in [-0.2, -0.15) is 0 Å². The highest BCUT2D eigenvalue weighted by Crippen LogP contribution is 2.11. The topological polar surface area (TPSA) is 85.8 Å². The van der Waals surface area contributed by atoms with E-state index in [9.17, 15) is 4.79 Å². The number of fused-ring (bicyclic) bond motifs is 1. The van der Waals surface area contributed by atoms with Crippen molar-refractivity contribution in [1.29, 1.82) is 0 Å². The maximum atomic E-state index is 10.5. The number of aryl methyl sites for hydroxylation is 1. The van der Waals surface area contributed by atoms with Crippen LogP contribution < -0.4 is 11.1 Å². The molecule has 2 aromatic heterocycles. The second kappa shape index (κ2) is 2.99. The monoisotopic (exact) mass is 191 g/mol. The Labute approximate surface area is 79.8 Å². The average molecular weight is 191 g/mol. The molecule has 2 amide bonds. The minimum absolute atomic E-state index is 0.358. The molecule has 2 heterocycles. The molecule has 0 saturated carbocycles. The van der Waals surface area contributed by atoms with Crippen LogP contribution in [0.15, 0.2) is 18.5 Å². The molecule has 2 rings (SSSR count). The summed E-state index contributed by atoms with van der Waals surface area (Å²) in [6.45, 7) is 0. The number of nitrogens with two attached hydrogens (primary N) is 1. The number of rotatable bonds is 1. The molecule has 0 saturated heterocycles. The van der Waals surface area contributed by atoms with E-state index in [2.05, 4.69) is 15.3 Å². The van der Waals surface area contributed by atoms with Gasteiger partial charge in [0.05, 0.1) is 6.20 Å². The van der Waals surface area contributed by atoms with Crippen molar-refractivity contribution in [3.05, 3.63) is 18.5 Å². The molecule has 0 fully saturated rings. The summed E-state index contributed by atoms with van der Waals surface area (Å²) in [5, 5.41) is 2.36. The van der Waals surface area contributed by atoms with E-state index in [1.165, 1.54) is 6.20 Å². The zero-order valence-corrected chi connectivity index (χ0v) is 7.56. The molecule has 0 atom stereocenters. The largest absolute Gasteiger partial charge is 0.351 e. The van der Waals surface area contributed by atoms with E-state index in [1.807, 2.05) is 23.9 Å². The Hall–Kier alpha value is -2.11. The number of hydrogen-bond donors (Lipinski definition) is 2. The molecular weight excluding hydrogens is 182 g/mol. The Morgan fingerprint density at radius 2 is 2.43 bits per heavy atom. The number of carbonyl (C=O) groups is 1. The normalized spacial score (nSPS) is 10.4. The lowest BCUT2D eigenvalue weighted by atomic mass is 10.5. The number of carbonyl (C=O) groups excluding carboxylic acids is 1. The Morgan fingerprint density at radius 1 is 1.64 bits per heavy atom. The first-order valence-electron chi connectivity index (χ1n) is 4.01. The van der Waals surface area contributed by atoms with Crippen molar-refractivity contribution in [2.24, 2.45) is 12.8 Å². The molecule has 0 aliphatic heterocycles. The minimum Gasteiger partial charge on any atom is -0.351 e. The van der Waals surface area contributed by atoms with Crippen LogP contribution in [0.5, 0.6) is 0 Å². The van der Waals surface area contributed by atoms with Crippen LogP contribution in [0.2, 0.25) is 0 Å². The van der Waals surface area contributed by atoms with Crippen molar-refractivity contribution in [1.82, 2.24) is 14.5 Å². The van der Waals surface area contributed by atoms with Gasteiger partial charge in [-0.1, -0.05) is 0 Å². The van der Waals surface area contributed by atoms with E-state index in [-0.39, 0.29) is 0 Å². The van der Waals surface area contributed by atoms with Crippen LogP contribution >= 0.6 is 0 Å². The van der Waals surface area contributed by atoms with Crippen molar-refractivity contribution in [3.63, 3.8) is 0 Å². The van der Waals surface area contributed by atoms with Crippen LogP contribution in [0.3, 0.4) is 0 Å². The molecule has 0 bridgehead atoms. The Morgan fingerprint density at radius 3 is 3.14 bits per heavy atom. The molecule has 0 aromatic carbocycles. The third-order valence-electron chi connectivity index (χ3n) is 1.82. The number of anilines is 1. The van der Waals surface area contributed by atoms with E-state index < -0.39 is 6.03 Å². The number of primary amides is 1. The second-order valence-electron chi connectivity index (χ2n) is 2.88. The lowest BCUT2D eigenvalue weighted by Crippen LogP contribution is -2.20. The SMILES string of the molecule is Cn1ccc2nc(NC(N)=O)cnc21. The molecule has 0 aliphatic carbocycles. The van der Waals surface area contributed by atoms with Crippen LogP contribution in [-0.4, -0.2) is 20.6 Å². The predicted molar refractivity (Wildman–Crippen MR) is 51.7 cm³/mol. The smallest absolute Gasteiger partial charge is 0.317 e. The molecule has 14 heavy (non-hydrogen) atoms. The quantitative estimate of drug-likeness (QED) is 0.686. The van der Waals surface area contributed by atoms with E-state index in [4.69, 9.17) is 5.73 Å². The average Bonchev–Trinajstić information content (AvgIpc) is 2.46. The summed E-state index contributed by atoms with van der Waals surface area (Å²) in [5.74, 6) is 0.358. The highest BCUT2D eigenvalue weighted by molar-refractivity contribution is 5.87. The summed E-state index contributed by atoms with van der Waals surface area (Å²) < 4.78 is 1.84. The van der Waals surface area contributed by atoms with Gasteiger partial charge >= 0.3 is 6.03 Å². The van der Waals surface area contributed by atoms with E-state index in [0.29, 0.717) is 5.82 Å². The highest BCUT2D eigenvalue weighted by Gasteiger charge is 2.03. The zero-order chi connectivity index (χ0) is 10.1. The van der Waals surface area contributed by atoms with Gasteiger partial charge in [0.2, 0.25) is 0 Å². The van der Waals surface area contributed by atoms with Gasteiger partial charge < -0.3 is 10.3 Å². The van der Waals surface area contributed by atoms with Gasteiger partial charge in [0.1, 0.15) is 5.52 Å². The molecule has 72 valence electrons. The number of nitrogens with zero attached hydrogens (tertiary/aromatic N) is 3. The molecule has 6 nitrogen and oxygen atoms in total. The van der Waals surface area contributed by atoms with Gasteiger partial charge in [-0.05, 0) is 6.07 Å². The standard InChI is InChI=1S/C8H9N5O/c1-13-3-2-5-7(13)10-4-6(11-5)12-8(9)14/h2-4H,1H3,(H3,9,11,12,14). The first-order valence-corrected chi connectivity index (χ1v) is 4.01. The van der Waals surface area contributed by atoms with E-state index >= 15 is 0 Å². The maximum Gasteiger partial charge on any atom is 0.317 e. The third kappa shape index (κ3) is 1.37. The number of amides is 2. The van der Waals surface area contributed by atoms with Crippen molar-refractivity contribution < 1.29 is 4.79 Å². The predicted octanol–water partition coefficient (Wildman–Crippen LogP) is 0.459. The molecule has 0 radical (unpaired) electrons. The van der Waals surface area contributed by atoms with Crippen LogP contribution in [0.1, 0.15) is 0 Å². The van der Waals surface area contributed by atoms with Gasteiger partial charge in [0.15, 0.2) is 11.5 Å². The molecule has 3 N–H and O–H groups in total. The van der Waals surface area contributed by atoms with Crippen LogP contribution in [0.25, 0.3) is 11.2 Å². The molecule has 0 spiro atoms. The fourth-order valence-electron chi connectivity index (χ4n) is 1.22. The molecule has 6 heteroatoms. The first-order chi connectivity index (χ1) is 6.66. The Kier molecular flexibility index (Phi) is 1.81. The summed E-state index contributed by atoms with van der Waals surface area (Å²) in [6.07, 6.45) is 3.31. The zero-order valence-electron chi connectivity index (χ0n) is 7.56. The lowest BCUT2D eigenvalue weighted by Gasteiger charge is -2.00. The summed E-state index contributed by atoms with van der Waals surface area (Å²) >= 11 is 0. The molecular formula is C8H9N5O. The number of aromatic nitrogens is 3. The van der Waals surface area contributed by atoms with Crippen molar-refractivity contribution in [2.45, 2.75) is 0 Å². The number of hydrogen-bond acceptors (Lipinski definition) is 3. The summed E-state index contributed by atoms with van der Waals surface area (Å²) in [4.78, 5) is 18.8. The van der Waals surface area contributed by atoms with Crippen LogP contribution in [-0.2, 0) is 7.05 Å². The number of nitrogens with one attached hydrogen (secondary N) is 1. The van der Waals surface area contributed by atoms with Crippen molar-refractivity contribution in [3.8, 4) is 0 Å². The van der Waals surface area contributed by atoms with E-state index in [0.717, 1.165) is 11.2 Å². The maximum absolute atomic E-state index is 10.5. The molecule has 0 unspecified atom stereocenters. The van der Waals surface area contributed by atoms with E-state index in [1.54, 1.807) is 0 Å².